The lowest BCUT2D eigenvalue weighted by molar-refractivity contribution is 0.0980. The Kier molecular flexibility index (Phi) is 8.54. The summed E-state index contributed by atoms with van der Waals surface area (Å²) < 4.78 is 11.6. The van der Waals surface area contributed by atoms with Gasteiger partial charge in [-0.1, -0.05) is 55.0 Å². The number of amides is 1. The largest absolute Gasteiger partial charge is 0.494 e. The zero-order valence-electron chi connectivity index (χ0n) is 19.0. The molecule has 0 saturated carbocycles. The Hall–Kier alpha value is -2.65. The number of ether oxygens (including phenoxy) is 1. The van der Waals surface area contributed by atoms with E-state index < -0.39 is 11.5 Å². The second-order valence-corrected chi connectivity index (χ2v) is 8.78. The number of para-hydroxylation sites is 1. The Morgan fingerprint density at radius 2 is 1.88 bits per heavy atom. The molecule has 34 heavy (non-hydrogen) atoms. The predicted molar refractivity (Wildman–Crippen MR) is 140 cm³/mol. The number of nitrogens with zero attached hydrogens (tertiary/aromatic N) is 3. The van der Waals surface area contributed by atoms with Crippen molar-refractivity contribution in [3.8, 4) is 5.75 Å². The molecule has 0 fully saturated rings. The van der Waals surface area contributed by atoms with E-state index in [1.807, 2.05) is 6.07 Å². The first-order valence-electron chi connectivity index (χ1n) is 10.7. The Morgan fingerprint density at radius 1 is 1.15 bits per heavy atom. The standard InChI is InChI=1S/C24H24ClN3O4S.ClH/c1-4-27(5-2)12-13-28(24-26-20-19(31-3)11-10-17(25)21(20)33-24)22(29)16-14-15-8-6-7-9-18(15)32-23(16)30;/h6-11,14H,4-5,12-13H2,1-3H3;1H. The van der Waals surface area contributed by atoms with Crippen LogP contribution in [0.1, 0.15) is 24.2 Å². The van der Waals surface area contributed by atoms with Crippen molar-refractivity contribution in [1.29, 1.82) is 0 Å². The smallest absolute Gasteiger partial charge is 0.349 e. The van der Waals surface area contributed by atoms with E-state index in [-0.39, 0.29) is 18.0 Å². The minimum Gasteiger partial charge on any atom is -0.494 e. The normalized spacial score (nSPS) is 11.1. The lowest BCUT2D eigenvalue weighted by Crippen LogP contribution is -2.40. The first-order valence-corrected chi connectivity index (χ1v) is 11.9. The molecule has 0 bridgehead atoms. The van der Waals surface area contributed by atoms with Gasteiger partial charge in [-0.25, -0.2) is 9.78 Å². The molecule has 1 amide bonds. The number of hydrogen-bond donors (Lipinski definition) is 0. The number of anilines is 1. The molecule has 0 aliphatic carbocycles. The monoisotopic (exact) mass is 521 g/mol. The fourth-order valence-corrected chi connectivity index (χ4v) is 4.92. The van der Waals surface area contributed by atoms with Crippen LogP contribution in [-0.2, 0) is 0 Å². The molecule has 0 unspecified atom stereocenters. The molecule has 0 atom stereocenters. The Labute approximate surface area is 212 Å². The van der Waals surface area contributed by atoms with Crippen LogP contribution in [0.2, 0.25) is 5.02 Å². The van der Waals surface area contributed by atoms with Crippen molar-refractivity contribution >= 4 is 67.6 Å². The Morgan fingerprint density at radius 3 is 2.59 bits per heavy atom. The van der Waals surface area contributed by atoms with Gasteiger partial charge in [0.25, 0.3) is 5.91 Å². The lowest BCUT2D eigenvalue weighted by atomic mass is 10.1. The summed E-state index contributed by atoms with van der Waals surface area (Å²) in [6, 6.07) is 12.2. The molecular formula is C24H25Cl2N3O4S. The van der Waals surface area contributed by atoms with E-state index in [4.69, 9.17) is 20.8 Å². The molecular weight excluding hydrogens is 497 g/mol. The van der Waals surface area contributed by atoms with Crippen LogP contribution in [0.5, 0.6) is 5.75 Å². The fourth-order valence-electron chi connectivity index (χ4n) is 3.64. The van der Waals surface area contributed by atoms with Crippen LogP contribution in [0, 0.1) is 0 Å². The molecule has 2 aromatic heterocycles. The number of methoxy groups -OCH3 is 1. The van der Waals surface area contributed by atoms with Crippen molar-refractivity contribution in [1.82, 2.24) is 9.88 Å². The second kappa shape index (κ2) is 11.2. The fraction of sp³-hybridized carbons (Fsp3) is 0.292. The van der Waals surface area contributed by atoms with Gasteiger partial charge in [0.1, 0.15) is 22.4 Å². The zero-order chi connectivity index (χ0) is 23.5. The van der Waals surface area contributed by atoms with Crippen LogP contribution in [0.3, 0.4) is 0 Å². The molecule has 0 spiro atoms. The van der Waals surface area contributed by atoms with Gasteiger partial charge in [-0.2, -0.15) is 0 Å². The molecule has 180 valence electrons. The maximum Gasteiger partial charge on any atom is 0.349 e. The minimum atomic E-state index is -0.678. The van der Waals surface area contributed by atoms with Gasteiger partial charge >= 0.3 is 5.63 Å². The number of benzene rings is 2. The van der Waals surface area contributed by atoms with Crippen LogP contribution >= 0.6 is 35.3 Å². The van der Waals surface area contributed by atoms with E-state index in [2.05, 4.69) is 23.7 Å². The van der Waals surface area contributed by atoms with Crippen LogP contribution in [0.25, 0.3) is 21.2 Å². The number of halogens is 2. The lowest BCUT2D eigenvalue weighted by Gasteiger charge is -2.24. The van der Waals surface area contributed by atoms with Crippen molar-refractivity contribution in [2.75, 3.05) is 38.2 Å². The Balaban J connectivity index is 0.00000324. The number of rotatable bonds is 8. The zero-order valence-corrected chi connectivity index (χ0v) is 21.4. The van der Waals surface area contributed by atoms with Gasteiger partial charge in [-0.3, -0.25) is 9.69 Å². The minimum absolute atomic E-state index is 0. The summed E-state index contributed by atoms with van der Waals surface area (Å²) in [5, 5.41) is 1.65. The third-order valence-corrected chi connectivity index (χ3v) is 7.09. The van der Waals surface area contributed by atoms with Crippen molar-refractivity contribution in [2.45, 2.75) is 13.8 Å². The SMILES string of the molecule is CCN(CC)CCN(C(=O)c1cc2ccccc2oc1=O)c1nc2c(OC)ccc(Cl)c2s1.Cl. The van der Waals surface area contributed by atoms with E-state index in [0.717, 1.165) is 17.8 Å². The highest BCUT2D eigenvalue weighted by Crippen LogP contribution is 2.39. The van der Waals surface area contributed by atoms with Crippen LogP contribution < -0.4 is 15.3 Å². The molecule has 2 aromatic carbocycles. The summed E-state index contributed by atoms with van der Waals surface area (Å²) in [6.07, 6.45) is 0. The van der Waals surface area contributed by atoms with Gasteiger partial charge < -0.3 is 14.1 Å². The highest BCUT2D eigenvalue weighted by molar-refractivity contribution is 7.23. The summed E-state index contributed by atoms with van der Waals surface area (Å²) in [5.74, 6) is 0.106. The van der Waals surface area contributed by atoms with Crippen LogP contribution in [0.4, 0.5) is 5.13 Å². The van der Waals surface area contributed by atoms with Crippen LogP contribution in [-0.4, -0.2) is 49.1 Å². The van der Waals surface area contributed by atoms with Crippen molar-refractivity contribution in [3.05, 3.63) is 63.5 Å². The summed E-state index contributed by atoms with van der Waals surface area (Å²) in [7, 11) is 1.56. The van der Waals surface area contributed by atoms with Crippen LogP contribution in [0.15, 0.2) is 51.7 Å². The molecule has 2 heterocycles. The molecule has 0 saturated heterocycles. The molecule has 4 rings (SSSR count). The maximum atomic E-state index is 13.7. The van der Waals surface area contributed by atoms with Crippen molar-refractivity contribution in [2.24, 2.45) is 0 Å². The average molecular weight is 522 g/mol. The van der Waals surface area contributed by atoms with E-state index in [9.17, 15) is 9.59 Å². The predicted octanol–water partition coefficient (Wildman–Crippen LogP) is 5.48. The van der Waals surface area contributed by atoms with Crippen molar-refractivity contribution in [3.63, 3.8) is 0 Å². The summed E-state index contributed by atoms with van der Waals surface area (Å²) in [5.41, 5.74) is 0.301. The highest BCUT2D eigenvalue weighted by atomic mass is 35.5. The number of carbonyl (C=O) groups excluding carboxylic acids is 1. The number of hydrogen-bond acceptors (Lipinski definition) is 7. The third kappa shape index (κ3) is 5.05. The molecule has 0 N–H and O–H groups in total. The van der Waals surface area contributed by atoms with Gasteiger partial charge in [0.05, 0.1) is 16.8 Å². The second-order valence-electron chi connectivity index (χ2n) is 7.39. The number of aromatic nitrogens is 1. The molecule has 0 aliphatic rings. The summed E-state index contributed by atoms with van der Waals surface area (Å²) in [4.78, 5) is 34.8. The molecule has 4 aromatic rings. The van der Waals surface area contributed by atoms with E-state index in [1.165, 1.54) is 16.2 Å². The van der Waals surface area contributed by atoms with Gasteiger partial charge in [0, 0.05) is 18.5 Å². The molecule has 7 nitrogen and oxygen atoms in total. The van der Waals surface area contributed by atoms with Crippen molar-refractivity contribution < 1.29 is 13.9 Å². The number of likely N-dealkylation sites (N-methyl/N-ethyl adjacent to an activating group) is 1. The van der Waals surface area contributed by atoms with E-state index in [1.54, 1.807) is 43.5 Å². The molecule has 0 radical (unpaired) electrons. The number of thiazole rings is 1. The summed E-state index contributed by atoms with van der Waals surface area (Å²) >= 11 is 7.69. The van der Waals surface area contributed by atoms with Gasteiger partial charge in [0.15, 0.2) is 5.13 Å². The van der Waals surface area contributed by atoms with E-state index in [0.29, 0.717) is 45.5 Å². The molecule has 0 aliphatic heterocycles. The first kappa shape index (κ1) is 26.0. The third-order valence-electron chi connectivity index (χ3n) is 5.55. The Bertz CT molecular complexity index is 1370. The van der Waals surface area contributed by atoms with Gasteiger partial charge in [0.2, 0.25) is 0 Å². The quantitative estimate of drug-likeness (QED) is 0.286. The highest BCUT2D eigenvalue weighted by Gasteiger charge is 2.26. The average Bonchev–Trinajstić information content (AvgIpc) is 3.27. The number of fused-ring (bicyclic) bond motifs is 2. The van der Waals surface area contributed by atoms with Gasteiger partial charge in [-0.05, 0) is 37.4 Å². The number of carbonyl (C=O) groups is 1. The maximum absolute atomic E-state index is 13.7. The summed E-state index contributed by atoms with van der Waals surface area (Å²) in [6.45, 7) is 6.79. The van der Waals surface area contributed by atoms with Gasteiger partial charge in [-0.15, -0.1) is 12.4 Å². The first-order chi connectivity index (χ1) is 16.0. The molecule has 10 heteroatoms. The topological polar surface area (TPSA) is 75.9 Å². The van der Waals surface area contributed by atoms with E-state index >= 15 is 0 Å².